The lowest BCUT2D eigenvalue weighted by molar-refractivity contribution is -0.117. The molecule has 1 amide bonds. The summed E-state index contributed by atoms with van der Waals surface area (Å²) >= 11 is 2.17. The Bertz CT molecular complexity index is 870. The van der Waals surface area contributed by atoms with Crippen LogP contribution in [0.2, 0.25) is 0 Å². The van der Waals surface area contributed by atoms with Crippen molar-refractivity contribution in [1.82, 2.24) is 4.72 Å². The number of carbonyl (C=O) groups excluding carboxylic acids is 1. The molecule has 0 saturated heterocycles. The van der Waals surface area contributed by atoms with Gasteiger partial charge in [0.05, 0.1) is 4.90 Å². The lowest BCUT2D eigenvalue weighted by Gasteiger charge is -2.18. The van der Waals surface area contributed by atoms with Gasteiger partial charge in [-0.1, -0.05) is 6.92 Å². The zero-order valence-corrected chi connectivity index (χ0v) is 16.7. The fourth-order valence-electron chi connectivity index (χ4n) is 2.18. The SMILES string of the molecule is CCC(NS(=O)(=O)c1ccc(F)cc1)C(=O)Nc1ccc(I)cc1C. The summed E-state index contributed by atoms with van der Waals surface area (Å²) in [4.78, 5) is 12.4. The Morgan fingerprint density at radius 3 is 2.40 bits per heavy atom. The van der Waals surface area contributed by atoms with E-state index >= 15 is 0 Å². The van der Waals surface area contributed by atoms with Gasteiger partial charge in [-0.15, -0.1) is 0 Å². The lowest BCUT2D eigenvalue weighted by Crippen LogP contribution is -2.43. The number of hydrogen-bond acceptors (Lipinski definition) is 3. The van der Waals surface area contributed by atoms with Gasteiger partial charge < -0.3 is 5.32 Å². The largest absolute Gasteiger partial charge is 0.324 e. The van der Waals surface area contributed by atoms with E-state index in [2.05, 4.69) is 32.6 Å². The molecule has 0 aliphatic carbocycles. The molecule has 0 aliphatic rings. The van der Waals surface area contributed by atoms with Crippen LogP contribution in [-0.4, -0.2) is 20.4 Å². The monoisotopic (exact) mass is 476 g/mol. The molecule has 1 atom stereocenters. The molecule has 0 aliphatic heterocycles. The average Bonchev–Trinajstić information content (AvgIpc) is 2.55. The highest BCUT2D eigenvalue weighted by Gasteiger charge is 2.24. The van der Waals surface area contributed by atoms with E-state index in [4.69, 9.17) is 0 Å². The fourth-order valence-corrected chi connectivity index (χ4v) is 4.10. The van der Waals surface area contributed by atoms with Crippen molar-refractivity contribution < 1.29 is 17.6 Å². The third-order valence-corrected chi connectivity index (χ3v) is 5.75. The van der Waals surface area contributed by atoms with Crippen LogP contribution in [-0.2, 0) is 14.8 Å². The van der Waals surface area contributed by atoms with E-state index in [0.29, 0.717) is 5.69 Å². The van der Waals surface area contributed by atoms with Crippen molar-refractivity contribution in [3.05, 3.63) is 57.4 Å². The van der Waals surface area contributed by atoms with Gasteiger partial charge in [0.25, 0.3) is 0 Å². The van der Waals surface area contributed by atoms with Gasteiger partial charge in [-0.2, -0.15) is 4.72 Å². The highest BCUT2D eigenvalue weighted by atomic mass is 127. The molecule has 0 bridgehead atoms. The molecule has 8 heteroatoms. The molecular weight excluding hydrogens is 458 g/mol. The summed E-state index contributed by atoms with van der Waals surface area (Å²) in [5, 5.41) is 2.74. The Morgan fingerprint density at radius 1 is 1.20 bits per heavy atom. The molecule has 5 nitrogen and oxygen atoms in total. The second-order valence-electron chi connectivity index (χ2n) is 5.48. The summed E-state index contributed by atoms with van der Waals surface area (Å²) in [6.07, 6.45) is 0.273. The van der Waals surface area contributed by atoms with Gasteiger partial charge in [-0.05, 0) is 84.0 Å². The number of carbonyl (C=O) groups is 1. The standard InChI is InChI=1S/C17H18FIN2O3S/c1-3-15(17(22)20-16-9-6-13(19)10-11(16)2)21-25(23,24)14-7-4-12(18)5-8-14/h4-10,15,21H,3H2,1-2H3,(H,20,22). The van der Waals surface area contributed by atoms with Crippen molar-refractivity contribution >= 4 is 44.2 Å². The molecular formula is C17H18FIN2O3S. The van der Waals surface area contributed by atoms with Crippen molar-refractivity contribution in [1.29, 1.82) is 0 Å². The molecule has 134 valence electrons. The molecule has 0 spiro atoms. The molecule has 2 rings (SSSR count). The minimum absolute atomic E-state index is 0.0920. The molecule has 25 heavy (non-hydrogen) atoms. The molecule has 0 heterocycles. The first-order valence-corrected chi connectivity index (χ1v) is 10.1. The van der Waals surface area contributed by atoms with E-state index in [1.54, 1.807) is 13.0 Å². The summed E-state index contributed by atoms with van der Waals surface area (Å²) in [5.41, 5.74) is 1.52. The minimum atomic E-state index is -3.92. The molecule has 0 saturated carbocycles. The van der Waals surface area contributed by atoms with Crippen LogP contribution in [0.4, 0.5) is 10.1 Å². The van der Waals surface area contributed by atoms with Gasteiger partial charge >= 0.3 is 0 Å². The van der Waals surface area contributed by atoms with Crippen LogP contribution in [0.25, 0.3) is 0 Å². The molecule has 0 radical (unpaired) electrons. The van der Waals surface area contributed by atoms with E-state index in [1.807, 2.05) is 19.1 Å². The number of halogens is 2. The molecule has 1 unspecified atom stereocenters. The first-order chi connectivity index (χ1) is 11.7. The number of rotatable bonds is 6. The maximum atomic E-state index is 13.0. The quantitative estimate of drug-likeness (QED) is 0.628. The highest BCUT2D eigenvalue weighted by molar-refractivity contribution is 14.1. The van der Waals surface area contributed by atoms with Crippen LogP contribution < -0.4 is 10.0 Å². The van der Waals surface area contributed by atoms with E-state index < -0.39 is 27.8 Å². The Morgan fingerprint density at radius 2 is 1.84 bits per heavy atom. The number of anilines is 1. The summed E-state index contributed by atoms with van der Waals surface area (Å²) in [5.74, 6) is -0.976. The van der Waals surface area contributed by atoms with Crippen molar-refractivity contribution in [2.45, 2.75) is 31.2 Å². The molecule has 0 fully saturated rings. The maximum Gasteiger partial charge on any atom is 0.242 e. The Hall–Kier alpha value is -1.52. The number of amides is 1. The predicted octanol–water partition coefficient (Wildman–Crippen LogP) is 3.43. The number of aryl methyl sites for hydroxylation is 1. The fraction of sp³-hybridized carbons (Fsp3) is 0.235. The Labute approximate surface area is 160 Å². The van der Waals surface area contributed by atoms with Crippen LogP contribution in [0.1, 0.15) is 18.9 Å². The smallest absolute Gasteiger partial charge is 0.242 e. The van der Waals surface area contributed by atoms with E-state index in [1.165, 1.54) is 0 Å². The van der Waals surface area contributed by atoms with Crippen LogP contribution in [0.5, 0.6) is 0 Å². The summed E-state index contributed by atoms with van der Waals surface area (Å²) in [6, 6.07) is 9.04. The predicted molar refractivity (Wildman–Crippen MR) is 103 cm³/mol. The van der Waals surface area contributed by atoms with Crippen molar-refractivity contribution in [2.24, 2.45) is 0 Å². The first-order valence-electron chi connectivity index (χ1n) is 7.58. The van der Waals surface area contributed by atoms with Crippen molar-refractivity contribution in [3.8, 4) is 0 Å². The van der Waals surface area contributed by atoms with Gasteiger partial charge in [-0.3, -0.25) is 4.79 Å². The third kappa shape index (κ3) is 5.23. The first kappa shape index (κ1) is 19.8. The van der Waals surface area contributed by atoms with Gasteiger partial charge in [0.1, 0.15) is 11.9 Å². The Kier molecular flexibility index (Phi) is 6.53. The van der Waals surface area contributed by atoms with Crippen molar-refractivity contribution in [2.75, 3.05) is 5.32 Å². The van der Waals surface area contributed by atoms with Crippen LogP contribution in [0.3, 0.4) is 0 Å². The van der Waals surface area contributed by atoms with Crippen molar-refractivity contribution in [3.63, 3.8) is 0 Å². The average molecular weight is 476 g/mol. The van der Waals surface area contributed by atoms with Gasteiger partial charge in [0.15, 0.2) is 0 Å². The normalized spacial score (nSPS) is 12.6. The van der Waals surface area contributed by atoms with Crippen LogP contribution >= 0.6 is 22.6 Å². The second kappa shape index (κ2) is 8.24. The molecule has 0 aromatic heterocycles. The zero-order valence-electron chi connectivity index (χ0n) is 13.7. The van der Waals surface area contributed by atoms with Gasteiger partial charge in [-0.25, -0.2) is 12.8 Å². The molecule has 2 aromatic carbocycles. The summed E-state index contributed by atoms with van der Waals surface area (Å²) in [7, 11) is -3.92. The summed E-state index contributed by atoms with van der Waals surface area (Å²) < 4.78 is 41.1. The maximum absolute atomic E-state index is 13.0. The van der Waals surface area contributed by atoms with Crippen LogP contribution in [0.15, 0.2) is 47.4 Å². The zero-order chi connectivity index (χ0) is 18.6. The third-order valence-electron chi connectivity index (χ3n) is 3.59. The minimum Gasteiger partial charge on any atom is -0.324 e. The van der Waals surface area contributed by atoms with E-state index in [9.17, 15) is 17.6 Å². The van der Waals surface area contributed by atoms with Gasteiger partial charge in [0.2, 0.25) is 15.9 Å². The number of benzene rings is 2. The summed E-state index contributed by atoms with van der Waals surface area (Å²) in [6.45, 7) is 3.57. The second-order valence-corrected chi connectivity index (χ2v) is 8.44. The topological polar surface area (TPSA) is 75.3 Å². The van der Waals surface area contributed by atoms with Gasteiger partial charge in [0, 0.05) is 9.26 Å². The van der Waals surface area contributed by atoms with E-state index in [-0.39, 0.29) is 11.3 Å². The van der Waals surface area contributed by atoms with Crippen LogP contribution in [0, 0.1) is 16.3 Å². The number of hydrogen-bond donors (Lipinski definition) is 2. The Balaban J connectivity index is 2.15. The molecule has 2 N–H and O–H groups in total. The number of sulfonamides is 1. The molecule has 2 aromatic rings. The highest BCUT2D eigenvalue weighted by Crippen LogP contribution is 2.18. The lowest BCUT2D eigenvalue weighted by atomic mass is 10.2. The van der Waals surface area contributed by atoms with E-state index in [0.717, 1.165) is 33.4 Å². The number of nitrogens with one attached hydrogen (secondary N) is 2.